The summed E-state index contributed by atoms with van der Waals surface area (Å²) in [6, 6.07) is 1.90. The molecule has 4 nitrogen and oxygen atoms in total. The second-order valence-electron chi connectivity index (χ2n) is 4.40. The van der Waals surface area contributed by atoms with E-state index in [0.29, 0.717) is 11.8 Å². The Morgan fingerprint density at radius 3 is 2.71 bits per heavy atom. The van der Waals surface area contributed by atoms with Crippen molar-refractivity contribution in [3.05, 3.63) is 11.9 Å². The number of aryl methyl sites for hydroxylation is 1. The van der Waals surface area contributed by atoms with Gasteiger partial charge in [0, 0.05) is 25.0 Å². The van der Waals surface area contributed by atoms with E-state index in [1.165, 1.54) is 0 Å². The van der Waals surface area contributed by atoms with Crippen molar-refractivity contribution in [2.75, 3.05) is 31.0 Å². The molecule has 0 radical (unpaired) electrons. The number of aromatic nitrogens is 2. The zero-order valence-corrected chi connectivity index (χ0v) is 11.1. The number of anilines is 1. The van der Waals surface area contributed by atoms with Crippen LogP contribution in [0, 0.1) is 12.8 Å². The predicted octanol–water partition coefficient (Wildman–Crippen LogP) is 2.25. The smallest absolute Gasteiger partial charge is 0.218 e. The molecule has 2 heterocycles. The van der Waals surface area contributed by atoms with Gasteiger partial charge in [-0.2, -0.15) is 4.98 Å². The fraction of sp³-hybridized carbons (Fsp3) is 0.667. The number of rotatable bonds is 3. The number of halogens is 1. The fourth-order valence-corrected chi connectivity index (χ4v) is 2.42. The van der Waals surface area contributed by atoms with Crippen molar-refractivity contribution >= 4 is 17.4 Å². The molecule has 1 aliphatic rings. The Kier molecular flexibility index (Phi) is 4.05. The minimum absolute atomic E-state index is 0.631. The van der Waals surface area contributed by atoms with Crippen molar-refractivity contribution in [3.8, 4) is 5.88 Å². The first-order chi connectivity index (χ1) is 8.22. The molecule has 1 saturated heterocycles. The van der Waals surface area contributed by atoms with Crippen molar-refractivity contribution in [1.29, 1.82) is 0 Å². The zero-order chi connectivity index (χ0) is 12.3. The quantitative estimate of drug-likeness (QED) is 0.777. The highest BCUT2D eigenvalue weighted by molar-refractivity contribution is 6.18. The number of nitrogens with zero attached hydrogens (tertiary/aromatic N) is 3. The number of alkyl halides is 1. The van der Waals surface area contributed by atoms with Crippen LogP contribution in [0.4, 0.5) is 5.82 Å². The Morgan fingerprint density at radius 2 is 2.12 bits per heavy atom. The lowest BCUT2D eigenvalue weighted by molar-refractivity contribution is 0.394. The first-order valence-electron chi connectivity index (χ1n) is 5.93. The summed E-state index contributed by atoms with van der Waals surface area (Å²) >= 11 is 5.88. The van der Waals surface area contributed by atoms with Crippen molar-refractivity contribution < 1.29 is 4.74 Å². The summed E-state index contributed by atoms with van der Waals surface area (Å²) in [5.74, 6) is 3.76. The maximum atomic E-state index is 5.88. The summed E-state index contributed by atoms with van der Waals surface area (Å²) in [6.45, 7) is 3.91. The van der Waals surface area contributed by atoms with E-state index in [4.69, 9.17) is 16.3 Å². The Bertz CT molecular complexity index is 378. The molecule has 0 N–H and O–H groups in total. The highest BCUT2D eigenvalue weighted by Crippen LogP contribution is 2.24. The Hall–Kier alpha value is -1.03. The van der Waals surface area contributed by atoms with Gasteiger partial charge in [-0.15, -0.1) is 11.6 Å². The molecule has 1 fully saturated rings. The summed E-state index contributed by atoms with van der Waals surface area (Å²) in [4.78, 5) is 10.9. The van der Waals surface area contributed by atoms with Crippen molar-refractivity contribution in [2.45, 2.75) is 19.8 Å². The van der Waals surface area contributed by atoms with Crippen LogP contribution in [0.25, 0.3) is 0 Å². The normalized spacial score (nSPS) is 17.2. The van der Waals surface area contributed by atoms with Gasteiger partial charge in [0.25, 0.3) is 0 Å². The lowest BCUT2D eigenvalue weighted by Gasteiger charge is -2.32. The molecular weight excluding hydrogens is 238 g/mol. The number of hydrogen-bond acceptors (Lipinski definition) is 4. The summed E-state index contributed by atoms with van der Waals surface area (Å²) < 4.78 is 5.17. The van der Waals surface area contributed by atoms with Gasteiger partial charge < -0.3 is 9.64 Å². The summed E-state index contributed by atoms with van der Waals surface area (Å²) in [5, 5.41) is 0. The van der Waals surface area contributed by atoms with Gasteiger partial charge in [-0.25, -0.2) is 4.98 Å². The van der Waals surface area contributed by atoms with Gasteiger partial charge in [0.05, 0.1) is 7.11 Å². The van der Waals surface area contributed by atoms with E-state index in [0.717, 1.165) is 43.5 Å². The second kappa shape index (κ2) is 5.54. The molecule has 1 aliphatic heterocycles. The highest BCUT2D eigenvalue weighted by atomic mass is 35.5. The Balaban J connectivity index is 2.10. The summed E-state index contributed by atoms with van der Waals surface area (Å²) in [6.07, 6.45) is 2.27. The lowest BCUT2D eigenvalue weighted by Crippen LogP contribution is -2.34. The Labute approximate surface area is 107 Å². The number of hydrogen-bond donors (Lipinski definition) is 0. The van der Waals surface area contributed by atoms with Crippen LogP contribution in [-0.2, 0) is 0 Å². The van der Waals surface area contributed by atoms with Crippen molar-refractivity contribution in [3.63, 3.8) is 0 Å². The van der Waals surface area contributed by atoms with Crippen LogP contribution in [0.3, 0.4) is 0 Å². The molecule has 94 valence electrons. The molecule has 0 bridgehead atoms. The molecular formula is C12H18ClN3O. The average Bonchev–Trinajstić information content (AvgIpc) is 2.38. The minimum Gasteiger partial charge on any atom is -0.481 e. The van der Waals surface area contributed by atoms with E-state index in [1.807, 2.05) is 13.0 Å². The molecule has 0 unspecified atom stereocenters. The van der Waals surface area contributed by atoms with Crippen molar-refractivity contribution in [2.24, 2.45) is 5.92 Å². The maximum absolute atomic E-state index is 5.88. The zero-order valence-electron chi connectivity index (χ0n) is 10.3. The molecule has 17 heavy (non-hydrogen) atoms. The number of methoxy groups -OCH3 is 1. The third-order valence-corrected chi connectivity index (χ3v) is 3.60. The molecule has 5 heteroatoms. The van der Waals surface area contributed by atoms with Crippen LogP contribution in [0.2, 0.25) is 0 Å². The average molecular weight is 256 g/mol. The maximum Gasteiger partial charge on any atom is 0.218 e. The van der Waals surface area contributed by atoms with Gasteiger partial charge >= 0.3 is 0 Å². The van der Waals surface area contributed by atoms with Gasteiger partial charge in [0.15, 0.2) is 0 Å². The molecule has 0 aromatic carbocycles. The SMILES string of the molecule is COc1cc(N2CCC(CCl)CC2)nc(C)n1. The number of ether oxygens (including phenoxy) is 1. The first kappa shape index (κ1) is 12.4. The Morgan fingerprint density at radius 1 is 1.41 bits per heavy atom. The van der Waals surface area contributed by atoms with Crippen LogP contribution < -0.4 is 9.64 Å². The highest BCUT2D eigenvalue weighted by Gasteiger charge is 2.20. The van der Waals surface area contributed by atoms with E-state index >= 15 is 0 Å². The monoisotopic (exact) mass is 255 g/mol. The lowest BCUT2D eigenvalue weighted by atomic mass is 9.99. The van der Waals surface area contributed by atoms with E-state index in [-0.39, 0.29) is 0 Å². The molecule has 1 aromatic rings. The van der Waals surface area contributed by atoms with Crippen LogP contribution in [-0.4, -0.2) is 36.0 Å². The molecule has 0 aliphatic carbocycles. The minimum atomic E-state index is 0.631. The topological polar surface area (TPSA) is 38.2 Å². The van der Waals surface area contributed by atoms with Crippen LogP contribution in [0.1, 0.15) is 18.7 Å². The predicted molar refractivity (Wildman–Crippen MR) is 69.0 cm³/mol. The standard InChI is InChI=1S/C12H18ClN3O/c1-9-14-11(7-12(15-9)17-2)16-5-3-10(8-13)4-6-16/h7,10H,3-6,8H2,1-2H3. The molecule has 0 spiro atoms. The first-order valence-corrected chi connectivity index (χ1v) is 6.47. The molecule has 0 atom stereocenters. The molecule has 0 amide bonds. The third kappa shape index (κ3) is 3.00. The van der Waals surface area contributed by atoms with E-state index in [1.54, 1.807) is 7.11 Å². The van der Waals surface area contributed by atoms with Gasteiger partial charge in [0.1, 0.15) is 11.6 Å². The number of piperidine rings is 1. The summed E-state index contributed by atoms with van der Waals surface area (Å²) in [5.41, 5.74) is 0. The third-order valence-electron chi connectivity index (χ3n) is 3.17. The van der Waals surface area contributed by atoms with Gasteiger partial charge in [-0.05, 0) is 25.7 Å². The largest absolute Gasteiger partial charge is 0.481 e. The van der Waals surface area contributed by atoms with E-state index in [2.05, 4.69) is 14.9 Å². The van der Waals surface area contributed by atoms with Crippen LogP contribution in [0.15, 0.2) is 6.07 Å². The van der Waals surface area contributed by atoms with Gasteiger partial charge in [-0.1, -0.05) is 0 Å². The van der Waals surface area contributed by atoms with Crippen LogP contribution in [0.5, 0.6) is 5.88 Å². The fourth-order valence-electron chi connectivity index (χ4n) is 2.11. The molecule has 0 saturated carbocycles. The molecule has 2 rings (SSSR count). The van der Waals surface area contributed by atoms with Gasteiger partial charge in [-0.3, -0.25) is 0 Å². The van der Waals surface area contributed by atoms with Gasteiger partial charge in [0.2, 0.25) is 5.88 Å². The van der Waals surface area contributed by atoms with Crippen molar-refractivity contribution in [1.82, 2.24) is 9.97 Å². The summed E-state index contributed by atoms with van der Waals surface area (Å²) in [7, 11) is 1.63. The van der Waals surface area contributed by atoms with Crippen LogP contribution >= 0.6 is 11.6 Å². The second-order valence-corrected chi connectivity index (χ2v) is 4.71. The van der Waals surface area contributed by atoms with E-state index < -0.39 is 0 Å². The van der Waals surface area contributed by atoms with E-state index in [9.17, 15) is 0 Å². The molecule has 1 aromatic heterocycles.